The number of hydrogen-bond donors (Lipinski definition) is 1. The number of nitrogens with one attached hydrogen (secondary N) is 1. The SMILES string of the molecule is CCOc1nc(NC)nc(OC(F)(F)Cl)n1. The van der Waals surface area contributed by atoms with Gasteiger partial charge in [-0.3, -0.25) is 0 Å². The molecule has 9 heteroatoms. The molecule has 0 spiro atoms. The molecule has 0 saturated heterocycles. The van der Waals surface area contributed by atoms with E-state index < -0.39 is 11.6 Å². The van der Waals surface area contributed by atoms with E-state index in [1.807, 2.05) is 0 Å². The molecule has 0 aliphatic heterocycles. The first-order valence-corrected chi connectivity index (χ1v) is 4.64. The van der Waals surface area contributed by atoms with Gasteiger partial charge in [0.25, 0.3) is 0 Å². The first kappa shape index (κ1) is 12.6. The molecule has 1 heterocycles. The zero-order chi connectivity index (χ0) is 12.2. The van der Waals surface area contributed by atoms with Crippen LogP contribution >= 0.6 is 11.6 Å². The highest BCUT2D eigenvalue weighted by Crippen LogP contribution is 2.23. The van der Waals surface area contributed by atoms with Gasteiger partial charge >= 0.3 is 17.6 Å². The van der Waals surface area contributed by atoms with Crippen LogP contribution in [0.25, 0.3) is 0 Å². The van der Waals surface area contributed by atoms with Crippen molar-refractivity contribution in [2.75, 3.05) is 19.0 Å². The Morgan fingerprint density at radius 3 is 2.44 bits per heavy atom. The van der Waals surface area contributed by atoms with E-state index in [4.69, 9.17) is 4.74 Å². The van der Waals surface area contributed by atoms with Gasteiger partial charge in [0.05, 0.1) is 6.61 Å². The van der Waals surface area contributed by atoms with Crippen molar-refractivity contribution in [2.24, 2.45) is 0 Å². The van der Waals surface area contributed by atoms with Crippen molar-refractivity contribution >= 4 is 17.5 Å². The fraction of sp³-hybridized carbons (Fsp3) is 0.571. The fourth-order valence-corrected chi connectivity index (χ4v) is 0.862. The van der Waals surface area contributed by atoms with Gasteiger partial charge in [-0.15, -0.1) is 13.8 Å². The number of halogens is 3. The van der Waals surface area contributed by atoms with Gasteiger partial charge in [0, 0.05) is 18.6 Å². The van der Waals surface area contributed by atoms with E-state index in [-0.39, 0.29) is 18.6 Å². The number of aromatic nitrogens is 3. The third-order valence-corrected chi connectivity index (χ3v) is 1.38. The standard InChI is InChI=1S/C7H9ClF2N4O2/c1-3-15-5-12-4(11-2)13-6(14-5)16-7(8,9)10/h3H2,1-2H3,(H,11,12,13,14). The molecule has 0 unspecified atom stereocenters. The van der Waals surface area contributed by atoms with Crippen molar-refractivity contribution < 1.29 is 18.3 Å². The maximum absolute atomic E-state index is 12.3. The van der Waals surface area contributed by atoms with Gasteiger partial charge in [-0.1, -0.05) is 0 Å². The molecule has 0 fully saturated rings. The van der Waals surface area contributed by atoms with E-state index in [0.29, 0.717) is 0 Å². The first-order valence-electron chi connectivity index (χ1n) is 4.27. The maximum Gasteiger partial charge on any atom is 0.489 e. The Balaban J connectivity index is 2.95. The Labute approximate surface area is 95.0 Å². The summed E-state index contributed by atoms with van der Waals surface area (Å²) >= 11 is 4.58. The Hall–Kier alpha value is -1.44. The lowest BCUT2D eigenvalue weighted by Crippen LogP contribution is -2.18. The number of rotatable bonds is 5. The summed E-state index contributed by atoms with van der Waals surface area (Å²) in [5.74, 6) is 0.0365. The molecule has 0 amide bonds. The minimum absolute atomic E-state index is 0.0365. The van der Waals surface area contributed by atoms with E-state index in [9.17, 15) is 8.78 Å². The molecule has 0 bridgehead atoms. The van der Waals surface area contributed by atoms with Crippen LogP contribution in [0.1, 0.15) is 6.92 Å². The normalized spacial score (nSPS) is 11.1. The van der Waals surface area contributed by atoms with Crippen LogP contribution in [0.5, 0.6) is 12.0 Å². The molecule has 1 aromatic rings. The Morgan fingerprint density at radius 2 is 1.94 bits per heavy atom. The van der Waals surface area contributed by atoms with Crippen molar-refractivity contribution in [3.8, 4) is 12.0 Å². The Bertz CT molecular complexity index is 361. The van der Waals surface area contributed by atoms with Crippen molar-refractivity contribution in [1.82, 2.24) is 15.0 Å². The molecule has 1 rings (SSSR count). The summed E-state index contributed by atoms with van der Waals surface area (Å²) in [6.45, 7) is 1.98. The van der Waals surface area contributed by atoms with Crippen LogP contribution in [-0.4, -0.2) is 34.2 Å². The van der Waals surface area contributed by atoms with E-state index in [0.717, 1.165) is 0 Å². The molecule has 1 N–H and O–H groups in total. The fourth-order valence-electron chi connectivity index (χ4n) is 0.793. The average Bonchev–Trinajstić information content (AvgIpc) is 2.15. The van der Waals surface area contributed by atoms with Crippen molar-refractivity contribution in [3.05, 3.63) is 0 Å². The average molecular weight is 255 g/mol. The van der Waals surface area contributed by atoms with Gasteiger partial charge < -0.3 is 14.8 Å². The van der Waals surface area contributed by atoms with Gasteiger partial charge in [0.1, 0.15) is 0 Å². The summed E-state index contributed by atoms with van der Waals surface area (Å²) in [4.78, 5) is 10.8. The minimum atomic E-state index is -3.88. The summed E-state index contributed by atoms with van der Waals surface area (Å²) in [6, 6.07) is -0.749. The van der Waals surface area contributed by atoms with Crippen molar-refractivity contribution in [2.45, 2.75) is 12.5 Å². The highest BCUT2D eigenvalue weighted by Gasteiger charge is 2.29. The molecule has 0 saturated carbocycles. The second kappa shape index (κ2) is 5.06. The van der Waals surface area contributed by atoms with Gasteiger partial charge in [-0.25, -0.2) is 0 Å². The lowest BCUT2D eigenvalue weighted by Gasteiger charge is -2.10. The lowest BCUT2D eigenvalue weighted by atomic mass is 10.8. The van der Waals surface area contributed by atoms with Crippen LogP contribution in [0.4, 0.5) is 14.7 Å². The first-order chi connectivity index (χ1) is 7.44. The molecule has 1 aromatic heterocycles. The van der Waals surface area contributed by atoms with E-state index >= 15 is 0 Å². The third kappa shape index (κ3) is 3.97. The molecule has 6 nitrogen and oxygen atoms in total. The zero-order valence-electron chi connectivity index (χ0n) is 8.50. The maximum atomic E-state index is 12.3. The molecule has 16 heavy (non-hydrogen) atoms. The molecule has 0 aliphatic carbocycles. The molecule has 0 radical (unpaired) electrons. The largest absolute Gasteiger partial charge is 0.489 e. The van der Waals surface area contributed by atoms with Gasteiger partial charge in [-0.05, 0) is 6.92 Å². The molecule has 0 aliphatic rings. The van der Waals surface area contributed by atoms with Gasteiger partial charge in [0.15, 0.2) is 0 Å². The number of nitrogens with zero attached hydrogens (tertiary/aromatic N) is 3. The van der Waals surface area contributed by atoms with Crippen LogP contribution < -0.4 is 14.8 Å². The van der Waals surface area contributed by atoms with E-state index in [1.54, 1.807) is 6.92 Å². The van der Waals surface area contributed by atoms with Crippen LogP contribution in [0.2, 0.25) is 0 Å². The monoisotopic (exact) mass is 254 g/mol. The summed E-state index contributed by atoms with van der Waals surface area (Å²) in [5.41, 5.74) is -3.88. The minimum Gasteiger partial charge on any atom is -0.464 e. The molecule has 90 valence electrons. The quantitative estimate of drug-likeness (QED) is 0.803. The second-order valence-corrected chi connectivity index (χ2v) is 2.89. The van der Waals surface area contributed by atoms with Crippen LogP contribution in [0, 0.1) is 0 Å². The zero-order valence-corrected chi connectivity index (χ0v) is 9.26. The van der Waals surface area contributed by atoms with E-state index in [1.165, 1.54) is 7.05 Å². The summed E-state index contributed by atoms with van der Waals surface area (Å²) in [6.07, 6.45) is 0. The highest BCUT2D eigenvalue weighted by molar-refractivity contribution is 6.20. The number of anilines is 1. The predicted molar refractivity (Wildman–Crippen MR) is 52.0 cm³/mol. The molecular weight excluding hydrogens is 246 g/mol. The van der Waals surface area contributed by atoms with Crippen molar-refractivity contribution in [1.29, 1.82) is 0 Å². The molecular formula is C7H9ClF2N4O2. The second-order valence-electron chi connectivity index (χ2n) is 2.45. The van der Waals surface area contributed by atoms with Crippen LogP contribution in [0.15, 0.2) is 0 Å². The Kier molecular flexibility index (Phi) is 3.99. The van der Waals surface area contributed by atoms with Gasteiger partial charge in [0.2, 0.25) is 5.95 Å². The highest BCUT2D eigenvalue weighted by atomic mass is 35.5. The summed E-state index contributed by atoms with van der Waals surface area (Å²) < 4.78 is 33.6. The smallest absolute Gasteiger partial charge is 0.464 e. The van der Waals surface area contributed by atoms with Crippen LogP contribution in [0.3, 0.4) is 0 Å². The van der Waals surface area contributed by atoms with Gasteiger partial charge in [-0.2, -0.15) is 9.97 Å². The summed E-state index contributed by atoms with van der Waals surface area (Å²) in [7, 11) is 1.51. The number of ether oxygens (including phenoxy) is 2. The topological polar surface area (TPSA) is 69.2 Å². The molecule has 0 aromatic carbocycles. The molecule has 0 atom stereocenters. The number of alkyl halides is 3. The third-order valence-electron chi connectivity index (χ3n) is 1.30. The summed E-state index contributed by atoms with van der Waals surface area (Å²) in [5, 5.41) is 2.54. The Morgan fingerprint density at radius 1 is 1.31 bits per heavy atom. The lowest BCUT2D eigenvalue weighted by molar-refractivity contribution is -0.102. The van der Waals surface area contributed by atoms with Crippen molar-refractivity contribution in [3.63, 3.8) is 0 Å². The van der Waals surface area contributed by atoms with Crippen LogP contribution in [-0.2, 0) is 0 Å². The number of hydrogen-bond acceptors (Lipinski definition) is 6. The van der Waals surface area contributed by atoms with E-state index in [2.05, 4.69) is 36.6 Å². The predicted octanol–water partition coefficient (Wildman–Crippen LogP) is 1.48.